The van der Waals surface area contributed by atoms with E-state index in [1.54, 1.807) is 7.11 Å². The van der Waals surface area contributed by atoms with Gasteiger partial charge in [-0.15, -0.1) is 0 Å². The Balaban J connectivity index is 2.50. The number of aromatic nitrogens is 2. The van der Waals surface area contributed by atoms with E-state index in [0.29, 0.717) is 6.61 Å². The van der Waals surface area contributed by atoms with Crippen molar-refractivity contribution in [1.82, 2.24) is 10.2 Å². The van der Waals surface area contributed by atoms with Gasteiger partial charge in [0.25, 0.3) is 0 Å². The molecule has 0 aliphatic carbocycles. The lowest BCUT2D eigenvalue weighted by molar-refractivity contribution is 0.211. The molecule has 0 unspecified atom stereocenters. The molecule has 0 aliphatic rings. The molecule has 0 aliphatic heterocycles. The Kier molecular flexibility index (Phi) is 3.10. The van der Waals surface area contributed by atoms with Crippen LogP contribution in [0.15, 0.2) is 0 Å². The van der Waals surface area contributed by atoms with E-state index in [0.717, 1.165) is 23.6 Å². The molecule has 1 aromatic heterocycles. The van der Waals surface area contributed by atoms with Gasteiger partial charge < -0.3 is 10.1 Å². The Morgan fingerprint density at radius 3 is 2.75 bits per heavy atom. The lowest BCUT2D eigenvalue weighted by atomic mass is 10.3. The summed E-state index contributed by atoms with van der Waals surface area (Å²) >= 11 is 0. The molecule has 1 heterocycles. The van der Waals surface area contributed by atoms with E-state index in [4.69, 9.17) is 4.74 Å². The molecule has 0 amide bonds. The van der Waals surface area contributed by atoms with Crippen LogP contribution in [0.25, 0.3) is 0 Å². The van der Waals surface area contributed by atoms with Gasteiger partial charge in [0, 0.05) is 13.7 Å². The number of ether oxygens (including phenoxy) is 1. The Morgan fingerprint density at radius 1 is 1.50 bits per heavy atom. The maximum atomic E-state index is 4.93. The first-order valence-electron chi connectivity index (χ1n) is 4.00. The molecule has 0 aromatic carbocycles. The van der Waals surface area contributed by atoms with Gasteiger partial charge in [0.15, 0.2) is 0 Å². The van der Waals surface area contributed by atoms with Crippen molar-refractivity contribution in [3.8, 4) is 0 Å². The topological polar surface area (TPSA) is 49.9 Å². The third-order valence-corrected chi connectivity index (χ3v) is 1.74. The van der Waals surface area contributed by atoms with Crippen LogP contribution in [-0.2, 0) is 4.74 Å². The fraction of sp³-hybridized carbons (Fsp3) is 0.625. The van der Waals surface area contributed by atoms with Crippen molar-refractivity contribution in [2.45, 2.75) is 13.8 Å². The van der Waals surface area contributed by atoms with Gasteiger partial charge in [0.2, 0.25) is 0 Å². The average molecular weight is 169 g/mol. The van der Waals surface area contributed by atoms with E-state index in [1.165, 1.54) is 0 Å². The molecule has 0 saturated carbocycles. The van der Waals surface area contributed by atoms with Gasteiger partial charge in [0.1, 0.15) is 0 Å². The minimum atomic E-state index is 0.712. The van der Waals surface area contributed by atoms with Crippen LogP contribution in [0.1, 0.15) is 11.4 Å². The summed E-state index contributed by atoms with van der Waals surface area (Å²) in [6, 6.07) is 0. The number of rotatable bonds is 4. The zero-order valence-corrected chi connectivity index (χ0v) is 7.77. The SMILES string of the molecule is COCCNc1c(C)n[nH]c1C. The highest BCUT2D eigenvalue weighted by atomic mass is 16.5. The quantitative estimate of drug-likeness (QED) is 0.663. The lowest BCUT2D eigenvalue weighted by Crippen LogP contribution is -2.08. The Morgan fingerprint density at radius 2 is 2.25 bits per heavy atom. The second kappa shape index (κ2) is 4.11. The van der Waals surface area contributed by atoms with Gasteiger partial charge in [-0.25, -0.2) is 0 Å². The molecule has 0 fully saturated rings. The lowest BCUT2D eigenvalue weighted by Gasteiger charge is -2.04. The van der Waals surface area contributed by atoms with Crippen molar-refractivity contribution >= 4 is 5.69 Å². The van der Waals surface area contributed by atoms with Crippen molar-refractivity contribution in [3.63, 3.8) is 0 Å². The van der Waals surface area contributed by atoms with Gasteiger partial charge in [0.05, 0.1) is 23.7 Å². The monoisotopic (exact) mass is 169 g/mol. The van der Waals surface area contributed by atoms with E-state index >= 15 is 0 Å². The minimum Gasteiger partial charge on any atom is -0.383 e. The van der Waals surface area contributed by atoms with Crippen molar-refractivity contribution in [3.05, 3.63) is 11.4 Å². The number of hydrogen-bond donors (Lipinski definition) is 2. The molecule has 0 spiro atoms. The number of aromatic amines is 1. The molecular weight excluding hydrogens is 154 g/mol. The largest absolute Gasteiger partial charge is 0.383 e. The Hall–Kier alpha value is -1.03. The molecule has 0 atom stereocenters. The van der Waals surface area contributed by atoms with Crippen LogP contribution < -0.4 is 5.32 Å². The predicted octanol–water partition coefficient (Wildman–Crippen LogP) is 1.08. The van der Waals surface area contributed by atoms with Crippen molar-refractivity contribution < 1.29 is 4.74 Å². The fourth-order valence-electron chi connectivity index (χ4n) is 1.09. The van der Waals surface area contributed by atoms with E-state index in [-0.39, 0.29) is 0 Å². The summed E-state index contributed by atoms with van der Waals surface area (Å²) in [5.41, 5.74) is 3.17. The van der Waals surface area contributed by atoms with Gasteiger partial charge in [-0.1, -0.05) is 0 Å². The molecular formula is C8H15N3O. The molecule has 4 nitrogen and oxygen atoms in total. The zero-order chi connectivity index (χ0) is 8.97. The first kappa shape index (κ1) is 9.06. The third-order valence-electron chi connectivity index (χ3n) is 1.74. The van der Waals surface area contributed by atoms with Crippen LogP contribution in [-0.4, -0.2) is 30.5 Å². The molecule has 0 radical (unpaired) electrons. The van der Waals surface area contributed by atoms with Crippen molar-refractivity contribution in [2.24, 2.45) is 0 Å². The van der Waals surface area contributed by atoms with Crippen molar-refractivity contribution in [2.75, 3.05) is 25.6 Å². The number of nitrogens with zero attached hydrogens (tertiary/aromatic N) is 1. The molecule has 0 bridgehead atoms. The molecule has 0 saturated heterocycles. The van der Waals surface area contributed by atoms with E-state index < -0.39 is 0 Å². The maximum absolute atomic E-state index is 4.93. The summed E-state index contributed by atoms with van der Waals surface area (Å²) in [5, 5.41) is 10.2. The second-order valence-corrected chi connectivity index (χ2v) is 2.73. The van der Waals surface area contributed by atoms with Gasteiger partial charge in [-0.2, -0.15) is 5.10 Å². The Bertz CT molecular complexity index is 225. The summed E-state index contributed by atoms with van der Waals surface area (Å²) in [7, 11) is 1.69. The van der Waals surface area contributed by atoms with Gasteiger partial charge in [-0.05, 0) is 13.8 Å². The highest BCUT2D eigenvalue weighted by molar-refractivity contribution is 5.51. The van der Waals surface area contributed by atoms with Crippen LogP contribution in [0.4, 0.5) is 5.69 Å². The molecule has 1 rings (SSSR count). The van der Waals surface area contributed by atoms with Gasteiger partial charge in [-0.3, -0.25) is 5.10 Å². The van der Waals surface area contributed by atoms with Gasteiger partial charge >= 0.3 is 0 Å². The number of hydrogen-bond acceptors (Lipinski definition) is 3. The molecule has 2 N–H and O–H groups in total. The molecule has 4 heteroatoms. The van der Waals surface area contributed by atoms with E-state index in [2.05, 4.69) is 15.5 Å². The normalized spacial score (nSPS) is 10.2. The van der Waals surface area contributed by atoms with Crippen LogP contribution in [0.3, 0.4) is 0 Å². The summed E-state index contributed by atoms with van der Waals surface area (Å²) in [4.78, 5) is 0. The van der Waals surface area contributed by atoms with Crippen LogP contribution >= 0.6 is 0 Å². The first-order valence-corrected chi connectivity index (χ1v) is 4.00. The van der Waals surface area contributed by atoms with Crippen LogP contribution in [0.2, 0.25) is 0 Å². The van der Waals surface area contributed by atoms with Crippen LogP contribution in [0, 0.1) is 13.8 Å². The zero-order valence-electron chi connectivity index (χ0n) is 7.77. The van der Waals surface area contributed by atoms with E-state index in [9.17, 15) is 0 Å². The standard InChI is InChI=1S/C8H15N3O/c1-6-8(7(2)11-10-6)9-4-5-12-3/h9H,4-5H2,1-3H3,(H,10,11). The number of anilines is 1. The van der Waals surface area contributed by atoms with E-state index in [1.807, 2.05) is 13.8 Å². The Labute approximate surface area is 72.3 Å². The maximum Gasteiger partial charge on any atom is 0.0825 e. The van der Waals surface area contributed by atoms with Crippen LogP contribution in [0.5, 0.6) is 0 Å². The highest BCUT2D eigenvalue weighted by Crippen LogP contribution is 2.14. The average Bonchev–Trinajstić information content (AvgIpc) is 2.35. The summed E-state index contributed by atoms with van der Waals surface area (Å²) in [6.45, 7) is 5.50. The third kappa shape index (κ3) is 1.98. The number of methoxy groups -OCH3 is 1. The summed E-state index contributed by atoms with van der Waals surface area (Å²) < 4.78 is 4.93. The fourth-order valence-corrected chi connectivity index (χ4v) is 1.09. The number of aryl methyl sites for hydroxylation is 2. The first-order chi connectivity index (χ1) is 5.75. The predicted molar refractivity (Wildman–Crippen MR) is 48.4 cm³/mol. The number of nitrogens with one attached hydrogen (secondary N) is 2. The molecule has 68 valence electrons. The summed E-state index contributed by atoms with van der Waals surface area (Å²) in [6.07, 6.45) is 0. The summed E-state index contributed by atoms with van der Waals surface area (Å²) in [5.74, 6) is 0. The second-order valence-electron chi connectivity index (χ2n) is 2.73. The smallest absolute Gasteiger partial charge is 0.0825 e. The minimum absolute atomic E-state index is 0.712. The molecule has 1 aromatic rings. The molecule has 12 heavy (non-hydrogen) atoms. The highest BCUT2D eigenvalue weighted by Gasteiger charge is 2.03. The van der Waals surface area contributed by atoms with Crippen molar-refractivity contribution in [1.29, 1.82) is 0 Å². The number of H-pyrrole nitrogens is 1.